The molecule has 1 aliphatic heterocycles. The first kappa shape index (κ1) is 25.3. The fourth-order valence-electron chi connectivity index (χ4n) is 4.13. The average molecular weight is 561 g/mol. The van der Waals surface area contributed by atoms with Gasteiger partial charge in [-0.05, 0) is 41.9 Å². The Labute approximate surface area is 214 Å². The Morgan fingerprint density at radius 1 is 1.11 bits per heavy atom. The van der Waals surface area contributed by atoms with Crippen LogP contribution in [0, 0.1) is 0 Å². The van der Waals surface area contributed by atoms with Crippen molar-refractivity contribution < 1.29 is 24.2 Å². The SMILES string of the molecule is COc1ccc2cn(CC3(c4ccc(Br)cc4)NC(=O)N(COCC[Si](C)(C)C)C3=O)c(O)c2c1. The Balaban J connectivity index is 1.68. The summed E-state index contributed by atoms with van der Waals surface area (Å²) in [5.74, 6) is 0.176. The van der Waals surface area contributed by atoms with Crippen molar-refractivity contribution in [3.05, 3.63) is 58.7 Å². The Morgan fingerprint density at radius 3 is 2.49 bits per heavy atom. The molecule has 0 bridgehead atoms. The number of benzene rings is 2. The van der Waals surface area contributed by atoms with E-state index in [2.05, 4.69) is 40.9 Å². The highest BCUT2D eigenvalue weighted by molar-refractivity contribution is 9.10. The minimum atomic E-state index is -1.41. The summed E-state index contributed by atoms with van der Waals surface area (Å²) in [6, 6.07) is 13.0. The number of halogens is 1. The van der Waals surface area contributed by atoms with Crippen molar-refractivity contribution in [1.82, 2.24) is 14.8 Å². The molecule has 3 amide bonds. The van der Waals surface area contributed by atoms with E-state index in [1.54, 1.807) is 42.1 Å². The van der Waals surface area contributed by atoms with Crippen LogP contribution in [0.1, 0.15) is 5.56 Å². The van der Waals surface area contributed by atoms with Crippen molar-refractivity contribution in [1.29, 1.82) is 0 Å². The molecule has 4 rings (SSSR count). The molecule has 2 heterocycles. The van der Waals surface area contributed by atoms with Crippen molar-refractivity contribution in [3.8, 4) is 11.6 Å². The fourth-order valence-corrected chi connectivity index (χ4v) is 5.16. The van der Waals surface area contributed by atoms with E-state index < -0.39 is 25.6 Å². The molecule has 1 fully saturated rings. The monoisotopic (exact) mass is 559 g/mol. The summed E-state index contributed by atoms with van der Waals surface area (Å²) in [7, 11) is 0.252. The predicted molar refractivity (Wildman–Crippen MR) is 140 cm³/mol. The highest BCUT2D eigenvalue weighted by Gasteiger charge is 2.53. The van der Waals surface area contributed by atoms with Crippen LogP contribution in [0.15, 0.2) is 53.1 Å². The number of nitrogens with zero attached hydrogens (tertiary/aromatic N) is 2. The number of aromatic nitrogens is 1. The lowest BCUT2D eigenvalue weighted by Gasteiger charge is -2.28. The molecule has 1 unspecified atom stereocenters. The molecule has 1 saturated heterocycles. The molecule has 8 nitrogen and oxygen atoms in total. The molecule has 1 aliphatic rings. The van der Waals surface area contributed by atoms with Crippen molar-refractivity contribution in [3.63, 3.8) is 0 Å². The van der Waals surface area contributed by atoms with Gasteiger partial charge in [0, 0.05) is 36.1 Å². The third-order valence-corrected chi connectivity index (χ3v) is 8.44. The van der Waals surface area contributed by atoms with Gasteiger partial charge in [0.2, 0.25) is 0 Å². The van der Waals surface area contributed by atoms with E-state index in [0.717, 1.165) is 20.8 Å². The zero-order chi connectivity index (χ0) is 25.4. The van der Waals surface area contributed by atoms with Crippen LogP contribution in [0.25, 0.3) is 10.8 Å². The number of imide groups is 1. The Hall–Kier alpha value is -2.82. The molecule has 35 heavy (non-hydrogen) atoms. The number of amides is 3. The highest BCUT2D eigenvalue weighted by atomic mass is 79.9. The van der Waals surface area contributed by atoms with Gasteiger partial charge in [0.1, 0.15) is 12.5 Å². The maximum absolute atomic E-state index is 13.8. The third kappa shape index (κ3) is 5.09. The fraction of sp³-hybridized carbons (Fsp3) is 0.360. The zero-order valence-corrected chi connectivity index (χ0v) is 22.9. The van der Waals surface area contributed by atoms with Gasteiger partial charge in [-0.3, -0.25) is 4.79 Å². The van der Waals surface area contributed by atoms with E-state index in [1.165, 1.54) is 0 Å². The minimum Gasteiger partial charge on any atom is -0.497 e. The van der Waals surface area contributed by atoms with E-state index in [1.807, 2.05) is 18.2 Å². The number of nitrogens with one attached hydrogen (secondary N) is 1. The molecule has 3 aromatic rings. The van der Waals surface area contributed by atoms with Gasteiger partial charge in [0.15, 0.2) is 11.4 Å². The first-order valence-corrected chi connectivity index (χ1v) is 15.9. The van der Waals surface area contributed by atoms with Crippen LogP contribution in [0.2, 0.25) is 25.7 Å². The standard InChI is InChI=1S/C25H30BrN3O5Si/c1-33-20-10-5-17-14-28(22(30)21(17)13-20)15-25(18-6-8-19(26)9-7-18)23(31)29(24(32)27-25)16-34-11-12-35(2,3)4/h5-10,13-14,30H,11-12,15-16H2,1-4H3,(H,27,32). The number of hydrogen-bond donors (Lipinski definition) is 2. The summed E-state index contributed by atoms with van der Waals surface area (Å²) in [5.41, 5.74) is -0.797. The summed E-state index contributed by atoms with van der Waals surface area (Å²) >= 11 is 3.43. The summed E-state index contributed by atoms with van der Waals surface area (Å²) in [4.78, 5) is 27.9. The summed E-state index contributed by atoms with van der Waals surface area (Å²) in [6.07, 6.45) is 1.76. The molecule has 2 N–H and O–H groups in total. The maximum atomic E-state index is 13.8. The summed E-state index contributed by atoms with van der Waals surface area (Å²) in [5, 5.41) is 15.3. The topological polar surface area (TPSA) is 93.0 Å². The average Bonchev–Trinajstić information content (AvgIpc) is 3.24. The van der Waals surface area contributed by atoms with Crippen molar-refractivity contribution in [2.45, 2.75) is 37.8 Å². The number of aromatic hydroxyl groups is 1. The van der Waals surface area contributed by atoms with E-state index in [9.17, 15) is 14.7 Å². The molecule has 0 saturated carbocycles. The van der Waals surface area contributed by atoms with Crippen LogP contribution >= 0.6 is 15.9 Å². The Kier molecular flexibility index (Phi) is 6.99. The van der Waals surface area contributed by atoms with Gasteiger partial charge >= 0.3 is 6.03 Å². The molecule has 0 aliphatic carbocycles. The second kappa shape index (κ2) is 9.67. The van der Waals surface area contributed by atoms with Crippen LogP contribution in [-0.2, 0) is 21.6 Å². The van der Waals surface area contributed by atoms with Crippen LogP contribution in [0.4, 0.5) is 4.79 Å². The minimum absolute atomic E-state index is 0.00738. The lowest BCUT2D eigenvalue weighted by Crippen LogP contribution is -2.47. The highest BCUT2D eigenvalue weighted by Crippen LogP contribution is 2.37. The molecule has 1 atom stereocenters. The van der Waals surface area contributed by atoms with E-state index in [0.29, 0.717) is 23.3 Å². The molecular formula is C25H30BrN3O5Si. The normalized spacial score (nSPS) is 18.4. The van der Waals surface area contributed by atoms with Gasteiger partial charge in [-0.25, -0.2) is 9.69 Å². The number of methoxy groups -OCH3 is 1. The largest absolute Gasteiger partial charge is 0.497 e. The van der Waals surface area contributed by atoms with Gasteiger partial charge in [-0.15, -0.1) is 0 Å². The molecule has 186 valence electrons. The van der Waals surface area contributed by atoms with Gasteiger partial charge < -0.3 is 24.5 Å². The molecule has 1 aromatic heterocycles. The number of urea groups is 1. The van der Waals surface area contributed by atoms with Crippen LogP contribution in [0.3, 0.4) is 0 Å². The summed E-state index contributed by atoms with van der Waals surface area (Å²) < 4.78 is 13.4. The second-order valence-electron chi connectivity index (χ2n) is 9.96. The number of ether oxygens (including phenoxy) is 2. The van der Waals surface area contributed by atoms with Gasteiger partial charge in [-0.1, -0.05) is 47.7 Å². The van der Waals surface area contributed by atoms with Gasteiger partial charge in [0.05, 0.1) is 13.7 Å². The first-order chi connectivity index (χ1) is 16.5. The number of hydrogen-bond acceptors (Lipinski definition) is 5. The first-order valence-electron chi connectivity index (χ1n) is 11.4. The smallest absolute Gasteiger partial charge is 0.327 e. The quantitative estimate of drug-likeness (QED) is 0.221. The lowest BCUT2D eigenvalue weighted by molar-refractivity contribution is -0.135. The van der Waals surface area contributed by atoms with Crippen LogP contribution in [0.5, 0.6) is 11.6 Å². The summed E-state index contributed by atoms with van der Waals surface area (Å²) in [6.45, 7) is 7.10. The van der Waals surface area contributed by atoms with Crippen molar-refractivity contribution in [2.75, 3.05) is 20.4 Å². The van der Waals surface area contributed by atoms with E-state index in [4.69, 9.17) is 9.47 Å². The Morgan fingerprint density at radius 2 is 1.83 bits per heavy atom. The third-order valence-electron chi connectivity index (χ3n) is 6.21. The molecule has 10 heteroatoms. The Bertz CT molecular complexity index is 1250. The van der Waals surface area contributed by atoms with Gasteiger partial charge in [-0.2, -0.15) is 0 Å². The van der Waals surface area contributed by atoms with Crippen molar-refractivity contribution >= 4 is 46.7 Å². The number of fused-ring (bicyclic) bond motifs is 1. The molecule has 0 radical (unpaired) electrons. The van der Waals surface area contributed by atoms with Gasteiger partial charge in [0.25, 0.3) is 5.91 Å². The van der Waals surface area contributed by atoms with Crippen LogP contribution in [-0.4, -0.2) is 55.0 Å². The zero-order valence-electron chi connectivity index (χ0n) is 20.3. The maximum Gasteiger partial charge on any atom is 0.327 e. The van der Waals surface area contributed by atoms with Crippen LogP contribution < -0.4 is 10.1 Å². The second-order valence-corrected chi connectivity index (χ2v) is 16.5. The van der Waals surface area contributed by atoms with E-state index in [-0.39, 0.29) is 19.2 Å². The van der Waals surface area contributed by atoms with Crippen molar-refractivity contribution in [2.24, 2.45) is 0 Å². The molecular weight excluding hydrogens is 530 g/mol. The molecule has 2 aromatic carbocycles. The molecule has 0 spiro atoms. The number of rotatable bonds is 9. The number of carbonyl (C=O) groups excluding carboxylic acids is 2. The predicted octanol–water partition coefficient (Wildman–Crippen LogP) is 4.88. The lowest BCUT2D eigenvalue weighted by atomic mass is 9.89. The van der Waals surface area contributed by atoms with E-state index >= 15 is 0 Å². The number of carbonyl (C=O) groups is 2.